The highest BCUT2D eigenvalue weighted by molar-refractivity contribution is 7.99. The zero-order valence-electron chi connectivity index (χ0n) is 10.3. The molecule has 0 spiro atoms. The Balaban J connectivity index is 1.97. The molecule has 2 aromatic carbocycles. The van der Waals surface area contributed by atoms with E-state index in [2.05, 4.69) is 17.9 Å². The minimum absolute atomic E-state index is 0.777. The van der Waals surface area contributed by atoms with Gasteiger partial charge >= 0.3 is 0 Å². The number of nitrogen functional groups attached to an aromatic ring is 1. The van der Waals surface area contributed by atoms with E-state index >= 15 is 0 Å². The topological polar surface area (TPSA) is 26.0 Å². The molecule has 90 valence electrons. The Kier molecular flexibility index (Phi) is 4.33. The zero-order chi connectivity index (χ0) is 12.8. The standard InChI is InChI=1S/C16H15NS/c1-13-15(17)10-5-11-16(13)18-12-6-9-14-7-3-2-4-8-14/h2-5,7-8,10-11H,12,17H2,1H3. The van der Waals surface area contributed by atoms with Crippen molar-refractivity contribution in [2.75, 3.05) is 11.5 Å². The van der Waals surface area contributed by atoms with Crippen LogP contribution < -0.4 is 5.73 Å². The van der Waals surface area contributed by atoms with Gasteiger partial charge in [-0.15, -0.1) is 11.8 Å². The third kappa shape index (κ3) is 3.32. The van der Waals surface area contributed by atoms with Gasteiger partial charge in [0.25, 0.3) is 0 Å². The van der Waals surface area contributed by atoms with Crippen LogP contribution in [0.5, 0.6) is 0 Å². The number of hydrogen-bond donors (Lipinski definition) is 1. The summed E-state index contributed by atoms with van der Waals surface area (Å²) in [7, 11) is 0. The lowest BCUT2D eigenvalue weighted by Crippen LogP contribution is -1.90. The number of thioether (sulfide) groups is 1. The van der Waals surface area contributed by atoms with Gasteiger partial charge in [-0.3, -0.25) is 0 Å². The number of nitrogens with two attached hydrogens (primary N) is 1. The van der Waals surface area contributed by atoms with E-state index in [0.717, 1.165) is 22.6 Å². The van der Waals surface area contributed by atoms with Crippen molar-refractivity contribution in [3.8, 4) is 11.8 Å². The van der Waals surface area contributed by atoms with E-state index in [0.29, 0.717) is 0 Å². The predicted octanol–water partition coefficient (Wildman–Crippen LogP) is 3.72. The first-order valence-corrected chi connectivity index (χ1v) is 6.78. The molecular formula is C16H15NS. The Morgan fingerprint density at radius 1 is 1.06 bits per heavy atom. The molecule has 2 aromatic rings. The smallest absolute Gasteiger partial charge is 0.0598 e. The van der Waals surface area contributed by atoms with Crippen LogP contribution in [0.1, 0.15) is 11.1 Å². The van der Waals surface area contributed by atoms with Gasteiger partial charge in [0.05, 0.1) is 5.75 Å². The fraction of sp³-hybridized carbons (Fsp3) is 0.125. The first-order chi connectivity index (χ1) is 8.77. The quantitative estimate of drug-likeness (QED) is 0.501. The van der Waals surface area contributed by atoms with Crippen molar-refractivity contribution < 1.29 is 0 Å². The molecule has 0 aliphatic rings. The molecule has 0 fully saturated rings. The molecule has 0 atom stereocenters. The van der Waals surface area contributed by atoms with Gasteiger partial charge in [0, 0.05) is 16.1 Å². The summed E-state index contributed by atoms with van der Waals surface area (Å²) in [5, 5.41) is 0. The molecule has 0 aliphatic heterocycles. The molecule has 2 rings (SSSR count). The van der Waals surface area contributed by atoms with Crippen molar-refractivity contribution in [3.63, 3.8) is 0 Å². The maximum Gasteiger partial charge on any atom is 0.0598 e. The van der Waals surface area contributed by atoms with Crippen molar-refractivity contribution in [2.45, 2.75) is 11.8 Å². The second-order valence-corrected chi connectivity index (χ2v) is 4.94. The molecule has 0 saturated heterocycles. The molecular weight excluding hydrogens is 238 g/mol. The summed E-state index contributed by atoms with van der Waals surface area (Å²) in [5.74, 6) is 7.09. The molecule has 0 radical (unpaired) electrons. The summed E-state index contributed by atoms with van der Waals surface area (Å²) in [6, 6.07) is 16.0. The first-order valence-electron chi connectivity index (χ1n) is 5.79. The average molecular weight is 253 g/mol. The first kappa shape index (κ1) is 12.6. The fourth-order valence-corrected chi connectivity index (χ4v) is 2.37. The van der Waals surface area contributed by atoms with Crippen LogP contribution in [0.4, 0.5) is 5.69 Å². The van der Waals surface area contributed by atoms with Gasteiger partial charge in [0.2, 0.25) is 0 Å². The lowest BCUT2D eigenvalue weighted by molar-refractivity contribution is 1.31. The van der Waals surface area contributed by atoms with E-state index in [1.54, 1.807) is 11.8 Å². The third-order valence-corrected chi connectivity index (χ3v) is 3.67. The number of anilines is 1. The highest BCUT2D eigenvalue weighted by Gasteiger charge is 2.00. The van der Waals surface area contributed by atoms with Gasteiger partial charge in [-0.25, -0.2) is 0 Å². The van der Waals surface area contributed by atoms with Gasteiger partial charge < -0.3 is 5.73 Å². The van der Waals surface area contributed by atoms with Crippen LogP contribution in [-0.4, -0.2) is 5.75 Å². The van der Waals surface area contributed by atoms with Gasteiger partial charge in [0.1, 0.15) is 0 Å². The highest BCUT2D eigenvalue weighted by atomic mass is 32.2. The van der Waals surface area contributed by atoms with Crippen LogP contribution in [0.3, 0.4) is 0 Å². The summed E-state index contributed by atoms with van der Waals surface area (Å²) < 4.78 is 0. The molecule has 1 nitrogen and oxygen atoms in total. The second kappa shape index (κ2) is 6.18. The largest absolute Gasteiger partial charge is 0.398 e. The Hall–Kier alpha value is -1.85. The Bertz CT molecular complexity index is 579. The van der Waals surface area contributed by atoms with Crippen molar-refractivity contribution in [3.05, 3.63) is 59.7 Å². The van der Waals surface area contributed by atoms with Crippen molar-refractivity contribution in [1.82, 2.24) is 0 Å². The summed E-state index contributed by atoms with van der Waals surface area (Å²) in [4.78, 5) is 1.21. The summed E-state index contributed by atoms with van der Waals surface area (Å²) >= 11 is 1.73. The van der Waals surface area contributed by atoms with E-state index < -0.39 is 0 Å². The summed E-state index contributed by atoms with van der Waals surface area (Å²) in [6.07, 6.45) is 0. The minimum atomic E-state index is 0.777. The van der Waals surface area contributed by atoms with Gasteiger partial charge in [-0.05, 0) is 36.8 Å². The average Bonchev–Trinajstić information content (AvgIpc) is 2.40. The Labute approximate surface area is 112 Å². The Morgan fingerprint density at radius 2 is 1.83 bits per heavy atom. The van der Waals surface area contributed by atoms with Gasteiger partial charge in [-0.1, -0.05) is 36.1 Å². The SMILES string of the molecule is Cc1c(N)cccc1SCC#Cc1ccccc1. The molecule has 2 N–H and O–H groups in total. The highest BCUT2D eigenvalue weighted by Crippen LogP contribution is 2.25. The van der Waals surface area contributed by atoms with Crippen LogP contribution in [0.15, 0.2) is 53.4 Å². The van der Waals surface area contributed by atoms with Crippen molar-refractivity contribution in [1.29, 1.82) is 0 Å². The lowest BCUT2D eigenvalue weighted by Gasteiger charge is -2.05. The second-order valence-electron chi connectivity index (χ2n) is 3.93. The van der Waals surface area contributed by atoms with Crippen LogP contribution in [-0.2, 0) is 0 Å². The molecule has 2 heteroatoms. The van der Waals surface area contributed by atoms with Gasteiger partial charge in [0.15, 0.2) is 0 Å². The van der Waals surface area contributed by atoms with E-state index in [9.17, 15) is 0 Å². The maximum atomic E-state index is 5.87. The summed E-state index contributed by atoms with van der Waals surface area (Å²) in [6.45, 7) is 2.04. The van der Waals surface area contributed by atoms with Crippen LogP contribution in [0, 0.1) is 18.8 Å². The molecule has 0 bridgehead atoms. The van der Waals surface area contributed by atoms with E-state index in [-0.39, 0.29) is 0 Å². The number of rotatable bonds is 2. The van der Waals surface area contributed by atoms with Gasteiger partial charge in [-0.2, -0.15) is 0 Å². The normalized spacial score (nSPS) is 9.61. The lowest BCUT2D eigenvalue weighted by atomic mass is 10.2. The third-order valence-electron chi connectivity index (χ3n) is 2.63. The molecule has 0 unspecified atom stereocenters. The summed E-state index contributed by atoms with van der Waals surface area (Å²) in [5.41, 5.74) is 8.91. The number of hydrogen-bond acceptors (Lipinski definition) is 2. The van der Waals surface area contributed by atoms with E-state index in [1.165, 1.54) is 4.90 Å². The van der Waals surface area contributed by atoms with Crippen molar-refractivity contribution >= 4 is 17.4 Å². The fourth-order valence-electron chi connectivity index (χ4n) is 1.56. The molecule has 0 aliphatic carbocycles. The van der Waals surface area contributed by atoms with Crippen LogP contribution >= 0.6 is 11.8 Å². The van der Waals surface area contributed by atoms with Crippen LogP contribution in [0.2, 0.25) is 0 Å². The maximum absolute atomic E-state index is 5.87. The van der Waals surface area contributed by atoms with E-state index in [1.807, 2.05) is 49.4 Å². The van der Waals surface area contributed by atoms with E-state index in [4.69, 9.17) is 5.73 Å². The molecule has 18 heavy (non-hydrogen) atoms. The number of benzene rings is 2. The monoisotopic (exact) mass is 253 g/mol. The predicted molar refractivity (Wildman–Crippen MR) is 79.6 cm³/mol. The molecule has 0 amide bonds. The molecule has 0 saturated carbocycles. The van der Waals surface area contributed by atoms with Crippen molar-refractivity contribution in [2.24, 2.45) is 0 Å². The minimum Gasteiger partial charge on any atom is -0.398 e. The van der Waals surface area contributed by atoms with Crippen LogP contribution in [0.25, 0.3) is 0 Å². The zero-order valence-corrected chi connectivity index (χ0v) is 11.1. The molecule has 0 heterocycles. The molecule has 0 aromatic heterocycles. The Morgan fingerprint density at radius 3 is 2.61 bits per heavy atom.